The average molecular weight is 243 g/mol. The molecule has 1 rings (SSSR count). The minimum Gasteiger partial charge on any atom is -0.406 e. The van der Waals surface area contributed by atoms with Crippen molar-refractivity contribution in [3.05, 3.63) is 29.8 Å². The molecule has 0 aromatic heterocycles. The molecule has 1 N–H and O–H groups in total. The molecule has 1 aromatic rings. The van der Waals surface area contributed by atoms with Crippen molar-refractivity contribution >= 4 is 5.91 Å². The topological polar surface area (TPSA) is 38.3 Å². The summed E-state index contributed by atoms with van der Waals surface area (Å²) in [5, 5.41) is 2.38. The fourth-order valence-corrected chi connectivity index (χ4v) is 1.04. The van der Waals surface area contributed by atoms with Crippen LogP contribution in [0.1, 0.15) is 5.56 Å². The number of hydrogen-bond donors (Lipinski definition) is 1. The molecule has 0 aliphatic rings. The van der Waals surface area contributed by atoms with Crippen LogP contribution in [0.2, 0.25) is 0 Å². The smallest absolute Gasteiger partial charge is 0.406 e. The van der Waals surface area contributed by atoms with Gasteiger partial charge in [-0.1, -0.05) is 12.1 Å². The van der Waals surface area contributed by atoms with E-state index in [1.807, 2.05) is 5.92 Å². The lowest BCUT2D eigenvalue weighted by atomic mass is 10.2. The van der Waals surface area contributed by atoms with Gasteiger partial charge in [0.25, 0.3) is 5.91 Å². The number of ether oxygens (including phenoxy) is 1. The molecule has 0 saturated heterocycles. The number of nitrogens with one attached hydrogen (secondary N) is 1. The van der Waals surface area contributed by atoms with Gasteiger partial charge in [-0.05, 0) is 23.6 Å². The van der Waals surface area contributed by atoms with Crippen molar-refractivity contribution in [1.29, 1.82) is 0 Å². The van der Waals surface area contributed by atoms with Gasteiger partial charge in [0.05, 0.1) is 0 Å². The number of rotatable bonds is 3. The zero-order valence-electron chi connectivity index (χ0n) is 8.54. The molecule has 0 aliphatic heterocycles. The van der Waals surface area contributed by atoms with E-state index in [4.69, 9.17) is 6.42 Å². The fraction of sp³-hybridized carbons (Fsp3) is 0.182. The van der Waals surface area contributed by atoms with Gasteiger partial charge >= 0.3 is 6.36 Å². The second-order valence-corrected chi connectivity index (χ2v) is 3.02. The summed E-state index contributed by atoms with van der Waals surface area (Å²) in [7, 11) is 0. The third-order valence-corrected chi connectivity index (χ3v) is 1.74. The summed E-state index contributed by atoms with van der Waals surface area (Å²) in [4.78, 5) is 10.7. The van der Waals surface area contributed by atoms with Gasteiger partial charge in [-0.25, -0.2) is 0 Å². The Morgan fingerprint density at radius 3 is 2.41 bits per heavy atom. The van der Waals surface area contributed by atoms with Gasteiger partial charge in [-0.3, -0.25) is 4.79 Å². The van der Waals surface area contributed by atoms with E-state index in [1.165, 1.54) is 12.1 Å². The first-order chi connectivity index (χ1) is 7.90. The second kappa shape index (κ2) is 5.25. The largest absolute Gasteiger partial charge is 0.573 e. The van der Waals surface area contributed by atoms with Crippen LogP contribution >= 0.6 is 0 Å². The number of carbonyl (C=O) groups excluding carboxylic acids is 1. The van der Waals surface area contributed by atoms with E-state index in [2.05, 4.69) is 10.1 Å². The highest BCUT2D eigenvalue weighted by molar-refractivity contribution is 5.92. The van der Waals surface area contributed by atoms with Crippen LogP contribution in [0.15, 0.2) is 24.3 Å². The summed E-state index contributed by atoms with van der Waals surface area (Å²) in [6.07, 6.45) is 0.114. The quantitative estimate of drug-likeness (QED) is 0.822. The summed E-state index contributed by atoms with van der Waals surface area (Å²) in [5.41, 5.74) is 0.614. The molecule has 1 aromatic carbocycles. The maximum absolute atomic E-state index is 11.8. The van der Waals surface area contributed by atoms with Crippen LogP contribution in [0, 0.1) is 12.3 Å². The van der Waals surface area contributed by atoms with Crippen molar-refractivity contribution < 1.29 is 22.7 Å². The summed E-state index contributed by atoms with van der Waals surface area (Å²) in [5.74, 6) is 0.956. The van der Waals surface area contributed by atoms with E-state index >= 15 is 0 Å². The molecule has 1 amide bonds. The summed E-state index contributed by atoms with van der Waals surface area (Å²) in [6.45, 7) is 0.148. The Kier molecular flexibility index (Phi) is 3.99. The molecule has 17 heavy (non-hydrogen) atoms. The Morgan fingerprint density at radius 1 is 1.35 bits per heavy atom. The normalized spacial score (nSPS) is 10.5. The minimum absolute atomic E-state index is 0.148. The number of carbonyl (C=O) groups is 1. The molecular formula is C11H8F3NO2. The maximum Gasteiger partial charge on any atom is 0.573 e. The molecule has 6 heteroatoms. The van der Waals surface area contributed by atoms with Gasteiger partial charge in [-0.2, -0.15) is 0 Å². The first kappa shape index (κ1) is 12.9. The van der Waals surface area contributed by atoms with Crippen LogP contribution in [0.4, 0.5) is 13.2 Å². The van der Waals surface area contributed by atoms with Crippen molar-refractivity contribution in [1.82, 2.24) is 5.32 Å². The zero-order valence-corrected chi connectivity index (χ0v) is 8.54. The molecule has 0 bridgehead atoms. The molecule has 3 nitrogen and oxygen atoms in total. The van der Waals surface area contributed by atoms with Gasteiger partial charge in [0, 0.05) is 6.54 Å². The highest BCUT2D eigenvalue weighted by atomic mass is 19.4. The third-order valence-electron chi connectivity index (χ3n) is 1.74. The maximum atomic E-state index is 11.8. The molecule has 90 valence electrons. The predicted molar refractivity (Wildman–Crippen MR) is 53.8 cm³/mol. The lowest BCUT2D eigenvalue weighted by molar-refractivity contribution is -0.274. The predicted octanol–water partition coefficient (Wildman–Crippen LogP) is 1.83. The molecule has 0 spiro atoms. The van der Waals surface area contributed by atoms with E-state index in [1.54, 1.807) is 0 Å². The SMILES string of the molecule is C#CC(=O)NCc1ccc(OC(F)(F)F)cc1. The lowest BCUT2D eigenvalue weighted by Gasteiger charge is -2.09. The van der Waals surface area contributed by atoms with Crippen LogP contribution in [-0.2, 0) is 11.3 Å². The van der Waals surface area contributed by atoms with E-state index in [9.17, 15) is 18.0 Å². The van der Waals surface area contributed by atoms with Crippen LogP contribution in [0.5, 0.6) is 5.75 Å². The number of amides is 1. The number of benzene rings is 1. The average Bonchev–Trinajstić information content (AvgIpc) is 2.25. The first-order valence-corrected chi connectivity index (χ1v) is 4.50. The highest BCUT2D eigenvalue weighted by Crippen LogP contribution is 2.22. The van der Waals surface area contributed by atoms with E-state index in [0.29, 0.717) is 5.56 Å². The van der Waals surface area contributed by atoms with Crippen molar-refractivity contribution in [3.8, 4) is 18.1 Å². The molecule has 0 heterocycles. The fourth-order valence-electron chi connectivity index (χ4n) is 1.04. The molecule has 0 fully saturated rings. The molecule has 0 saturated carbocycles. The Bertz CT molecular complexity index is 432. The number of hydrogen-bond acceptors (Lipinski definition) is 2. The van der Waals surface area contributed by atoms with Gasteiger partial charge in [-0.15, -0.1) is 19.6 Å². The molecule has 0 unspecified atom stereocenters. The Labute approximate surface area is 95.6 Å². The third kappa shape index (κ3) is 4.93. The van der Waals surface area contributed by atoms with E-state index in [0.717, 1.165) is 12.1 Å². The van der Waals surface area contributed by atoms with E-state index < -0.39 is 12.3 Å². The highest BCUT2D eigenvalue weighted by Gasteiger charge is 2.30. The lowest BCUT2D eigenvalue weighted by Crippen LogP contribution is -2.20. The number of halogens is 3. The summed E-state index contributed by atoms with van der Waals surface area (Å²) < 4.78 is 39.2. The van der Waals surface area contributed by atoms with Crippen LogP contribution in [-0.4, -0.2) is 12.3 Å². The van der Waals surface area contributed by atoms with Gasteiger partial charge in [0.15, 0.2) is 0 Å². The molecule has 0 aliphatic carbocycles. The minimum atomic E-state index is -4.71. The summed E-state index contributed by atoms with van der Waals surface area (Å²) >= 11 is 0. The second-order valence-electron chi connectivity index (χ2n) is 3.02. The van der Waals surface area contributed by atoms with Gasteiger partial charge < -0.3 is 10.1 Å². The Morgan fingerprint density at radius 2 is 1.94 bits per heavy atom. The standard InChI is InChI=1S/C11H8F3NO2/c1-2-10(16)15-7-8-3-5-9(6-4-8)17-11(12,13)14/h1,3-6H,7H2,(H,15,16). The van der Waals surface area contributed by atoms with Gasteiger partial charge in [0.1, 0.15) is 5.75 Å². The van der Waals surface area contributed by atoms with E-state index in [-0.39, 0.29) is 12.3 Å². The number of alkyl halides is 3. The summed E-state index contributed by atoms with van der Waals surface area (Å²) in [6, 6.07) is 5.12. The van der Waals surface area contributed by atoms with Crippen LogP contribution in [0.3, 0.4) is 0 Å². The van der Waals surface area contributed by atoms with Crippen molar-refractivity contribution in [3.63, 3.8) is 0 Å². The van der Waals surface area contributed by atoms with Crippen LogP contribution in [0.25, 0.3) is 0 Å². The van der Waals surface area contributed by atoms with Crippen molar-refractivity contribution in [2.24, 2.45) is 0 Å². The first-order valence-electron chi connectivity index (χ1n) is 4.50. The molecule has 0 atom stereocenters. The van der Waals surface area contributed by atoms with Crippen molar-refractivity contribution in [2.45, 2.75) is 12.9 Å². The zero-order chi connectivity index (χ0) is 12.9. The monoisotopic (exact) mass is 243 g/mol. The molecular weight excluding hydrogens is 235 g/mol. The molecule has 0 radical (unpaired) electrons. The van der Waals surface area contributed by atoms with Crippen LogP contribution < -0.4 is 10.1 Å². The Hall–Kier alpha value is -2.16. The van der Waals surface area contributed by atoms with Gasteiger partial charge in [0.2, 0.25) is 0 Å². The Balaban J connectivity index is 2.57. The van der Waals surface area contributed by atoms with Crippen molar-refractivity contribution in [2.75, 3.05) is 0 Å². The number of terminal acetylenes is 1.